The largest absolute Gasteiger partial charge is 0.481 e. The van der Waals surface area contributed by atoms with E-state index in [4.69, 9.17) is 4.74 Å². The number of carbonyl (C=O) groups excluding carboxylic acids is 1. The van der Waals surface area contributed by atoms with E-state index in [2.05, 4.69) is 10.3 Å². The van der Waals surface area contributed by atoms with Gasteiger partial charge >= 0.3 is 10.2 Å². The molecule has 0 saturated carbocycles. The summed E-state index contributed by atoms with van der Waals surface area (Å²) in [4.78, 5) is 34.2. The molecule has 228 valence electrons. The quantitative estimate of drug-likeness (QED) is 0.437. The van der Waals surface area contributed by atoms with Crippen LogP contribution >= 0.6 is 0 Å². The Morgan fingerprint density at radius 3 is 2.53 bits per heavy atom. The molecule has 3 aromatic rings. The third kappa shape index (κ3) is 5.35. The molecule has 11 nitrogen and oxygen atoms in total. The van der Waals surface area contributed by atoms with E-state index in [1.807, 2.05) is 35.2 Å². The molecule has 4 aliphatic heterocycles. The van der Waals surface area contributed by atoms with Gasteiger partial charge in [0, 0.05) is 33.2 Å². The number of fused-ring (bicyclic) bond motifs is 2. The molecule has 43 heavy (non-hydrogen) atoms. The molecular weight excluding hydrogens is 575 g/mol. The molecule has 1 amide bonds. The van der Waals surface area contributed by atoms with Crippen LogP contribution in [0.25, 0.3) is 0 Å². The summed E-state index contributed by atoms with van der Waals surface area (Å²) in [5.41, 5.74) is 0.0739. The number of hydrogen-bond acceptors (Lipinski definition) is 7. The molecule has 5 heterocycles. The summed E-state index contributed by atoms with van der Waals surface area (Å²) in [6.45, 7) is 5.62. The number of nitrogens with one attached hydrogen (secondary N) is 1. The third-order valence-electron chi connectivity index (χ3n) is 8.65. The molecule has 7 rings (SSSR count). The van der Waals surface area contributed by atoms with Crippen molar-refractivity contribution >= 4 is 27.8 Å². The van der Waals surface area contributed by atoms with Crippen LogP contribution in [0.15, 0.2) is 53.3 Å². The van der Waals surface area contributed by atoms with E-state index < -0.39 is 33.0 Å². The lowest BCUT2D eigenvalue weighted by Crippen LogP contribution is -2.38. The molecule has 0 atom stereocenters. The Morgan fingerprint density at radius 1 is 1.14 bits per heavy atom. The Morgan fingerprint density at radius 2 is 1.86 bits per heavy atom. The summed E-state index contributed by atoms with van der Waals surface area (Å²) in [6, 6.07) is 13.1. The molecule has 0 unspecified atom stereocenters. The average molecular weight is 611 g/mol. The minimum absolute atomic E-state index is 0.0722. The molecule has 0 spiro atoms. The summed E-state index contributed by atoms with van der Waals surface area (Å²) >= 11 is 0. The standard InChI is InChI=1S/C30H35FN6O5S/c1-30(2)19-37(43(40,41)34(30)3)24-15-23(31)10-9-22(24)16-32-27(38)25-26(42-18-21-7-5-4-6-8-21)28(39)36-17-20-11-13-35(14-12-20)29(36)33-25/h4-10,15,20H,11-14,16-19H2,1-3H3,(H,32,38). The lowest BCUT2D eigenvalue weighted by Gasteiger charge is -2.27. The van der Waals surface area contributed by atoms with Gasteiger partial charge < -0.3 is 15.0 Å². The van der Waals surface area contributed by atoms with Crippen LogP contribution in [0.3, 0.4) is 0 Å². The normalized spacial score (nSPS) is 19.3. The zero-order valence-electron chi connectivity index (χ0n) is 24.4. The van der Waals surface area contributed by atoms with Crippen molar-refractivity contribution in [2.75, 3.05) is 35.9 Å². The predicted octanol–water partition coefficient (Wildman–Crippen LogP) is 2.90. The Kier molecular flexibility index (Phi) is 7.41. The van der Waals surface area contributed by atoms with Crippen molar-refractivity contribution < 1.29 is 22.3 Å². The third-order valence-corrected chi connectivity index (χ3v) is 10.7. The number of rotatable bonds is 7. The lowest BCUT2D eigenvalue weighted by atomic mass is 9.98. The van der Waals surface area contributed by atoms with Gasteiger partial charge in [-0.25, -0.2) is 9.37 Å². The summed E-state index contributed by atoms with van der Waals surface area (Å²) in [7, 11) is -2.43. The molecule has 1 N–H and O–H groups in total. The van der Waals surface area contributed by atoms with Gasteiger partial charge in [-0.3, -0.25) is 18.5 Å². The van der Waals surface area contributed by atoms with Crippen molar-refractivity contribution in [1.29, 1.82) is 0 Å². The topological polar surface area (TPSA) is 117 Å². The van der Waals surface area contributed by atoms with Crippen LogP contribution in [0.2, 0.25) is 0 Å². The molecule has 0 radical (unpaired) electrons. The van der Waals surface area contributed by atoms with E-state index in [1.165, 1.54) is 23.5 Å². The van der Waals surface area contributed by atoms with E-state index >= 15 is 0 Å². The summed E-state index contributed by atoms with van der Waals surface area (Å²) in [5, 5.41) is 2.78. The first-order chi connectivity index (χ1) is 20.5. The molecule has 13 heteroatoms. The molecule has 4 aliphatic rings. The minimum atomic E-state index is -3.92. The highest BCUT2D eigenvalue weighted by molar-refractivity contribution is 7.90. The van der Waals surface area contributed by atoms with E-state index in [0.717, 1.165) is 41.9 Å². The first-order valence-electron chi connectivity index (χ1n) is 14.4. The second-order valence-corrected chi connectivity index (χ2v) is 13.8. The lowest BCUT2D eigenvalue weighted by molar-refractivity contribution is 0.0940. The summed E-state index contributed by atoms with van der Waals surface area (Å²) < 4.78 is 50.8. The van der Waals surface area contributed by atoms with Gasteiger partial charge in [-0.05, 0) is 55.9 Å². The number of anilines is 2. The van der Waals surface area contributed by atoms with Crippen LogP contribution in [-0.4, -0.2) is 60.4 Å². The van der Waals surface area contributed by atoms with Gasteiger partial charge in [0.25, 0.3) is 11.5 Å². The van der Waals surface area contributed by atoms with Gasteiger partial charge in [-0.1, -0.05) is 36.4 Å². The predicted molar refractivity (Wildman–Crippen MR) is 160 cm³/mol. The molecule has 2 aromatic carbocycles. The number of hydrogen-bond donors (Lipinski definition) is 1. The Labute approximate surface area is 250 Å². The van der Waals surface area contributed by atoms with Crippen LogP contribution in [0.4, 0.5) is 16.0 Å². The van der Waals surface area contributed by atoms with Crippen molar-refractivity contribution in [3.05, 3.63) is 81.5 Å². The number of carbonyl (C=O) groups is 1. The maximum Gasteiger partial charge on any atom is 0.304 e. The maximum atomic E-state index is 14.4. The number of benzene rings is 2. The first kappa shape index (κ1) is 29.1. The minimum Gasteiger partial charge on any atom is -0.481 e. The number of halogens is 1. The number of aromatic nitrogens is 2. The zero-order valence-corrected chi connectivity index (χ0v) is 25.2. The van der Waals surface area contributed by atoms with Gasteiger partial charge in [0.15, 0.2) is 5.69 Å². The van der Waals surface area contributed by atoms with Crippen LogP contribution in [0.5, 0.6) is 5.75 Å². The molecule has 2 bridgehead atoms. The highest BCUT2D eigenvalue weighted by Crippen LogP contribution is 2.36. The van der Waals surface area contributed by atoms with E-state index in [0.29, 0.717) is 24.0 Å². The van der Waals surface area contributed by atoms with E-state index in [1.54, 1.807) is 18.4 Å². The van der Waals surface area contributed by atoms with Gasteiger partial charge in [-0.15, -0.1) is 0 Å². The van der Waals surface area contributed by atoms with Crippen LogP contribution < -0.4 is 24.8 Å². The average Bonchev–Trinajstić information content (AvgIpc) is 3.18. The van der Waals surface area contributed by atoms with Crippen molar-refractivity contribution in [2.24, 2.45) is 5.92 Å². The number of amides is 1. The van der Waals surface area contributed by atoms with E-state index in [-0.39, 0.29) is 36.8 Å². The van der Waals surface area contributed by atoms with E-state index in [9.17, 15) is 22.4 Å². The molecule has 2 saturated heterocycles. The fraction of sp³-hybridized carbons (Fsp3) is 0.433. The van der Waals surface area contributed by atoms with Crippen molar-refractivity contribution in [3.8, 4) is 5.75 Å². The summed E-state index contributed by atoms with van der Waals surface area (Å²) in [5.74, 6) is -0.605. The maximum absolute atomic E-state index is 14.4. The van der Waals surface area contributed by atoms with Gasteiger partial charge in [-0.2, -0.15) is 12.7 Å². The smallest absolute Gasteiger partial charge is 0.304 e. The fourth-order valence-corrected chi connectivity index (χ4v) is 7.77. The zero-order chi connectivity index (χ0) is 30.5. The number of ether oxygens (including phenoxy) is 1. The van der Waals surface area contributed by atoms with Gasteiger partial charge in [0.1, 0.15) is 12.4 Å². The van der Waals surface area contributed by atoms with Crippen LogP contribution in [0, 0.1) is 11.7 Å². The molecule has 0 aliphatic carbocycles. The SMILES string of the molecule is CN1C(C)(C)CN(c2cc(F)ccc2CNC(=O)c2nc3n(c(=O)c2OCc2ccccc2)CC2CCN3CC2)S1(=O)=O. The molecule has 1 aromatic heterocycles. The fourth-order valence-electron chi connectivity index (χ4n) is 5.90. The Bertz CT molecular complexity index is 1720. The van der Waals surface area contributed by atoms with Crippen molar-refractivity contribution in [2.45, 2.75) is 51.9 Å². The highest BCUT2D eigenvalue weighted by Gasteiger charge is 2.47. The number of likely N-dealkylation sites (N-methyl/N-ethyl adjacent to an activating group) is 1. The Hall–Kier alpha value is -3.97. The van der Waals surface area contributed by atoms with Crippen LogP contribution in [-0.2, 0) is 29.9 Å². The molecular formula is C30H35FN6O5S. The highest BCUT2D eigenvalue weighted by atomic mass is 32.2. The second kappa shape index (κ2) is 10.9. The second-order valence-electron chi connectivity index (χ2n) is 12.0. The van der Waals surface area contributed by atoms with Crippen molar-refractivity contribution in [3.63, 3.8) is 0 Å². The van der Waals surface area contributed by atoms with Gasteiger partial charge in [0.2, 0.25) is 11.7 Å². The number of nitrogens with zero attached hydrogens (tertiary/aromatic N) is 5. The number of piperidine rings is 1. The monoisotopic (exact) mass is 610 g/mol. The van der Waals surface area contributed by atoms with Crippen molar-refractivity contribution in [1.82, 2.24) is 19.2 Å². The Balaban J connectivity index is 1.33. The first-order valence-corrected chi connectivity index (χ1v) is 15.8. The summed E-state index contributed by atoms with van der Waals surface area (Å²) in [6.07, 6.45) is 1.87. The molecule has 2 fully saturated rings. The van der Waals surface area contributed by atoms with Crippen LogP contribution in [0.1, 0.15) is 48.3 Å². The van der Waals surface area contributed by atoms with Gasteiger partial charge in [0.05, 0.1) is 17.8 Å².